The van der Waals surface area contributed by atoms with Crippen molar-refractivity contribution in [3.63, 3.8) is 0 Å². The largest absolute Gasteiger partial charge is 0.442 e. The van der Waals surface area contributed by atoms with Gasteiger partial charge < -0.3 is 35.5 Å². The number of hydrogen-bond acceptors (Lipinski definition) is 21. The summed E-state index contributed by atoms with van der Waals surface area (Å²) >= 11 is 16.8. The third-order valence-electron chi connectivity index (χ3n) is 12.0. The van der Waals surface area contributed by atoms with Crippen molar-refractivity contribution in [2.75, 3.05) is 88.7 Å². The molecule has 0 saturated carbocycles. The Bertz CT molecular complexity index is 3610. The van der Waals surface area contributed by atoms with Gasteiger partial charge in [-0.3, -0.25) is 52.3 Å². The Balaban J connectivity index is 0.000000188. The Labute approximate surface area is 531 Å². The van der Waals surface area contributed by atoms with Crippen molar-refractivity contribution in [2.24, 2.45) is 0 Å². The molecule has 3 saturated heterocycles. The molecule has 36 heteroatoms. The van der Waals surface area contributed by atoms with Crippen LogP contribution in [0.4, 0.5) is 60.6 Å². The molecule has 3 aliphatic heterocycles. The summed E-state index contributed by atoms with van der Waals surface area (Å²) in [7, 11) is -3.79. The van der Waals surface area contributed by atoms with Crippen molar-refractivity contribution in [3.05, 3.63) is 113 Å². The van der Waals surface area contributed by atoms with Crippen molar-refractivity contribution in [3.8, 4) is 0 Å². The topological polar surface area (TPSA) is 315 Å². The molecule has 3 unspecified atom stereocenters. The van der Waals surface area contributed by atoms with E-state index >= 15 is 0 Å². The minimum atomic E-state index is -1.33. The second-order valence-corrected chi connectivity index (χ2v) is 27.0. The summed E-state index contributed by atoms with van der Waals surface area (Å²) in [5.41, 5.74) is 0.547. The number of anilines is 6. The molecule has 6 aromatic rings. The standard InChI is InChI=1S/C19H19FN4O4S2.C17H17FN4O4S3.C16H16FN5O4S3/c1-11(29)21-9-14-10-24(19(26)28-14)13-4-5-15(16(20)7-13)18(25)23-12-3-6-17(22-8-12)30(2)27;1-9(27)19-6-11-8-22(17(24)26-11)10-3-4-12(13(18)5-10)15(23)21-16-20-7-14(28-16)29(2)25;1-8(27)18-6-10-7-22(16(24)26-10)9-3-4-11(12(17)5-9)13(23)19-14-20-21-15(28-14)29(2)25/h3-8,14H,9-10H2,1-2H3,(H,21,29)(H,23,25);3-5,7,11H,6,8H2,1-2H3,(H,19,27)(H,20,21,23);3-5,10H,6-7H2,1-2H3,(H,18,27)(H,19,20,23)/t14-,30?;11-,29?;10-,29?/m000/s1. The van der Waals surface area contributed by atoms with Crippen LogP contribution >= 0.6 is 59.3 Å². The molecule has 0 bridgehead atoms. The number of pyridine rings is 1. The highest BCUT2D eigenvalue weighted by atomic mass is 32.2. The predicted molar refractivity (Wildman–Crippen MR) is 338 cm³/mol. The molecule has 88 heavy (non-hydrogen) atoms. The van der Waals surface area contributed by atoms with Crippen molar-refractivity contribution in [1.82, 2.24) is 36.1 Å². The summed E-state index contributed by atoms with van der Waals surface area (Å²) in [5, 5.41) is 24.3. The van der Waals surface area contributed by atoms with Gasteiger partial charge in [-0.1, -0.05) is 59.3 Å². The summed E-state index contributed by atoms with van der Waals surface area (Å²) in [4.78, 5) is 86.8. The van der Waals surface area contributed by atoms with E-state index in [1.165, 1.54) is 94.4 Å². The predicted octanol–water partition coefficient (Wildman–Crippen LogP) is 6.94. The molecule has 3 aliphatic rings. The van der Waals surface area contributed by atoms with Crippen LogP contribution in [0.2, 0.25) is 0 Å². The molecule has 3 fully saturated rings. The lowest BCUT2D eigenvalue weighted by Crippen LogP contribution is -2.32. The first-order chi connectivity index (χ1) is 41.7. The van der Waals surface area contributed by atoms with Crippen LogP contribution in [-0.2, 0) is 46.6 Å². The number of amides is 6. The molecule has 466 valence electrons. The van der Waals surface area contributed by atoms with E-state index in [0.717, 1.165) is 40.9 Å². The highest BCUT2D eigenvalue weighted by molar-refractivity contribution is 7.87. The third-order valence-corrected chi connectivity index (χ3v) is 17.8. The van der Waals surface area contributed by atoms with Crippen LogP contribution < -0.4 is 46.6 Å². The maximum Gasteiger partial charge on any atom is 0.414 e. The fourth-order valence-corrected chi connectivity index (χ4v) is 11.3. The van der Waals surface area contributed by atoms with Crippen LogP contribution in [0.15, 0.2) is 92.7 Å². The minimum Gasteiger partial charge on any atom is -0.442 e. The Morgan fingerprint density at radius 1 is 0.545 bits per heavy atom. The fourth-order valence-electron chi connectivity index (χ4n) is 7.83. The van der Waals surface area contributed by atoms with Crippen molar-refractivity contribution < 1.29 is 68.8 Å². The normalized spacial score (nSPS) is 16.9. The molecule has 6 N–H and O–H groups in total. The van der Waals surface area contributed by atoms with E-state index in [4.69, 9.17) is 50.9 Å². The van der Waals surface area contributed by atoms with Crippen LogP contribution in [0.5, 0.6) is 0 Å². The van der Waals surface area contributed by atoms with E-state index in [0.29, 0.717) is 49.5 Å². The van der Waals surface area contributed by atoms with Crippen molar-refractivity contribution in [1.29, 1.82) is 0 Å². The summed E-state index contributed by atoms with van der Waals surface area (Å²) in [6.45, 7) is 6.92. The number of hydrogen-bond donors (Lipinski definition) is 6. The third kappa shape index (κ3) is 18.6. The zero-order valence-electron chi connectivity index (χ0n) is 46.9. The number of thiazole rings is 1. The molecule has 3 aromatic heterocycles. The lowest BCUT2D eigenvalue weighted by atomic mass is 10.1. The molecule has 9 rings (SSSR count). The number of aromatic nitrogens is 4. The average Bonchev–Trinajstić information content (AvgIpc) is 3.43. The number of halogens is 3. The average molecular weight is 1360 g/mol. The molecule has 0 spiro atoms. The summed E-state index contributed by atoms with van der Waals surface area (Å²) in [6.07, 6.45) is 4.09. The van der Waals surface area contributed by atoms with Crippen molar-refractivity contribution >= 4 is 176 Å². The van der Waals surface area contributed by atoms with Gasteiger partial charge in [-0.25, -0.2) is 37.5 Å². The molecule has 3 aromatic carbocycles. The van der Waals surface area contributed by atoms with Crippen LogP contribution in [0.3, 0.4) is 0 Å². The Hall–Kier alpha value is -7.87. The van der Waals surface area contributed by atoms with E-state index in [1.54, 1.807) is 20.8 Å². The van der Waals surface area contributed by atoms with Crippen LogP contribution in [-0.4, -0.2) is 160 Å². The first-order valence-electron chi connectivity index (χ1n) is 25.5. The number of cyclic esters (lactones) is 3. The molecule has 0 aliphatic carbocycles. The fraction of sp³-hybridized carbons (Fsp3) is 0.288. The summed E-state index contributed by atoms with van der Waals surface area (Å²) in [6, 6.07) is 14.6. The van der Waals surface area contributed by atoms with E-state index in [1.807, 2.05) is 0 Å². The molecule has 6 amide bonds. The maximum atomic E-state index is 14.6. The second-order valence-electron chi connectivity index (χ2n) is 18.6. The molecular weight excluding hydrogens is 1310 g/mol. The zero-order chi connectivity index (χ0) is 64.1. The van der Waals surface area contributed by atoms with Gasteiger partial charge in [0.05, 0.1) is 138 Å². The lowest BCUT2D eigenvalue weighted by molar-refractivity contribution is 0.101. The zero-order valence-corrected chi connectivity index (χ0v) is 53.4. The molecular formula is C52H52F3N13O12S8. The number of nitrogens with one attached hydrogen (secondary N) is 6. The smallest absolute Gasteiger partial charge is 0.414 e. The highest BCUT2D eigenvalue weighted by Crippen LogP contribution is 2.29. The van der Waals surface area contributed by atoms with Crippen LogP contribution in [0, 0.1) is 17.5 Å². The van der Waals surface area contributed by atoms with E-state index in [-0.39, 0.29) is 68.0 Å². The summed E-state index contributed by atoms with van der Waals surface area (Å²) < 4.78 is 94.2. The van der Waals surface area contributed by atoms with Gasteiger partial charge in [-0.15, -0.1) is 10.2 Å². The number of carbonyl (C=O) groups excluding carboxylic acids is 6. The number of carbonyl (C=O) groups is 6. The Morgan fingerprint density at radius 3 is 1.28 bits per heavy atom. The SMILES string of the molecule is CC(=S)NC[C@H]1CN(c2ccc(C(=O)Nc3ccc(S(C)=O)nc3)c(F)c2)C(=O)O1.CC(=S)NC[C@H]1CN(c2ccc(C(=O)Nc3ncc(S(C)=O)s3)c(F)c2)C(=O)O1.CC(=S)NC[C@H]1CN(c2ccc(C(=O)Nc3nnc(S(C)=O)s3)c(F)c2)C(=O)O1. The maximum absolute atomic E-state index is 14.6. The van der Waals surface area contributed by atoms with Gasteiger partial charge in [0.15, 0.2) is 5.13 Å². The van der Waals surface area contributed by atoms with Crippen LogP contribution in [0.25, 0.3) is 0 Å². The number of thiocarbonyl (C=S) groups is 3. The first-order valence-corrected chi connectivity index (χ1v) is 33.0. The minimum absolute atomic E-state index is 0.107. The second kappa shape index (κ2) is 30.8. The first kappa shape index (κ1) is 67.6. The highest BCUT2D eigenvalue weighted by Gasteiger charge is 2.36. The van der Waals surface area contributed by atoms with Gasteiger partial charge in [0.2, 0.25) is 9.47 Å². The summed E-state index contributed by atoms with van der Waals surface area (Å²) in [5.74, 6) is -4.49. The lowest BCUT2D eigenvalue weighted by Gasteiger charge is -2.14. The van der Waals surface area contributed by atoms with E-state index < -0.39 is 104 Å². The Morgan fingerprint density at radius 2 is 0.955 bits per heavy atom. The van der Waals surface area contributed by atoms with Gasteiger partial charge in [0.25, 0.3) is 17.7 Å². The molecule has 6 atom stereocenters. The number of rotatable bonds is 18. The monoisotopic (exact) mass is 1360 g/mol. The van der Waals surface area contributed by atoms with E-state index in [9.17, 15) is 54.6 Å². The quantitative estimate of drug-likeness (QED) is 0.0288. The molecule has 25 nitrogen and oxygen atoms in total. The van der Waals surface area contributed by atoms with Gasteiger partial charge in [-0.2, -0.15) is 0 Å². The van der Waals surface area contributed by atoms with Gasteiger partial charge in [0, 0.05) is 18.8 Å². The van der Waals surface area contributed by atoms with Crippen LogP contribution in [0.1, 0.15) is 51.8 Å². The number of nitrogens with zero attached hydrogens (tertiary/aromatic N) is 7. The molecule has 6 heterocycles. The number of ether oxygens (including phenoxy) is 3. The van der Waals surface area contributed by atoms with Crippen molar-refractivity contribution in [2.45, 2.75) is 52.7 Å². The Kier molecular flexibility index (Phi) is 23.7. The molecule has 0 radical (unpaired) electrons. The van der Waals surface area contributed by atoms with Gasteiger partial charge in [-0.05, 0) is 87.5 Å². The number of benzene rings is 3. The van der Waals surface area contributed by atoms with Gasteiger partial charge >= 0.3 is 18.3 Å². The van der Waals surface area contributed by atoms with Gasteiger partial charge in [0.1, 0.15) is 45.0 Å². The van der Waals surface area contributed by atoms with E-state index in [2.05, 4.69) is 52.1 Å².